The van der Waals surface area contributed by atoms with Crippen LogP contribution in [0, 0.1) is 17.6 Å². The summed E-state index contributed by atoms with van der Waals surface area (Å²) in [6.07, 6.45) is 0.0809. The number of rotatable bonds is 5. The second-order valence-corrected chi connectivity index (χ2v) is 6.08. The maximum absolute atomic E-state index is 13.7. The molecule has 0 spiro atoms. The van der Waals surface area contributed by atoms with Crippen molar-refractivity contribution in [3.63, 3.8) is 0 Å². The van der Waals surface area contributed by atoms with Gasteiger partial charge in [0.15, 0.2) is 0 Å². The van der Waals surface area contributed by atoms with Gasteiger partial charge in [0.25, 0.3) is 0 Å². The fraction of sp³-hybridized carbons (Fsp3) is 0.263. The molecule has 1 heterocycles. The van der Waals surface area contributed by atoms with Gasteiger partial charge in [-0.1, -0.05) is 36.4 Å². The van der Waals surface area contributed by atoms with Crippen molar-refractivity contribution >= 4 is 11.8 Å². The zero-order valence-corrected chi connectivity index (χ0v) is 13.5. The molecule has 2 aromatic rings. The monoisotopic (exact) mass is 344 g/mol. The summed E-state index contributed by atoms with van der Waals surface area (Å²) in [7, 11) is 0. The number of nitrogens with one attached hydrogen (secondary N) is 1. The van der Waals surface area contributed by atoms with Gasteiger partial charge in [-0.2, -0.15) is 0 Å². The largest absolute Gasteiger partial charge is 0.352 e. The predicted octanol–water partition coefficient (Wildman–Crippen LogP) is 2.63. The summed E-state index contributed by atoms with van der Waals surface area (Å²) >= 11 is 0. The Morgan fingerprint density at radius 3 is 2.28 bits per heavy atom. The number of nitrogens with zero attached hydrogens (tertiary/aromatic N) is 1. The molecule has 0 aromatic heterocycles. The minimum Gasteiger partial charge on any atom is -0.352 e. The fourth-order valence-electron chi connectivity index (χ4n) is 2.90. The number of halogens is 2. The lowest BCUT2D eigenvalue weighted by molar-refractivity contribution is -0.129. The van der Waals surface area contributed by atoms with Gasteiger partial charge in [-0.3, -0.25) is 9.59 Å². The van der Waals surface area contributed by atoms with E-state index >= 15 is 0 Å². The molecule has 0 radical (unpaired) electrons. The van der Waals surface area contributed by atoms with Crippen molar-refractivity contribution in [3.8, 4) is 0 Å². The van der Waals surface area contributed by atoms with Gasteiger partial charge < -0.3 is 10.2 Å². The number of benzene rings is 2. The fourth-order valence-corrected chi connectivity index (χ4v) is 2.90. The van der Waals surface area contributed by atoms with Crippen LogP contribution in [0.1, 0.15) is 17.5 Å². The van der Waals surface area contributed by atoms with Crippen LogP contribution in [0.2, 0.25) is 0 Å². The summed E-state index contributed by atoms with van der Waals surface area (Å²) in [5.41, 5.74) is 0.812. The molecule has 1 aliphatic heterocycles. The molecule has 1 atom stereocenters. The van der Waals surface area contributed by atoms with Crippen molar-refractivity contribution in [2.45, 2.75) is 19.5 Å². The molecule has 2 aromatic carbocycles. The van der Waals surface area contributed by atoms with Crippen LogP contribution in [-0.2, 0) is 22.7 Å². The average Bonchev–Trinajstić information content (AvgIpc) is 2.97. The van der Waals surface area contributed by atoms with Gasteiger partial charge in [0.1, 0.15) is 11.6 Å². The molecule has 1 N–H and O–H groups in total. The van der Waals surface area contributed by atoms with Gasteiger partial charge in [0.05, 0.1) is 5.92 Å². The molecular weight excluding hydrogens is 326 g/mol. The van der Waals surface area contributed by atoms with Crippen molar-refractivity contribution in [1.29, 1.82) is 0 Å². The normalized spacial score (nSPS) is 17.0. The molecule has 6 heteroatoms. The van der Waals surface area contributed by atoms with Crippen LogP contribution in [0.3, 0.4) is 0 Å². The first-order valence-corrected chi connectivity index (χ1v) is 8.07. The van der Waals surface area contributed by atoms with E-state index in [9.17, 15) is 18.4 Å². The number of carbonyl (C=O) groups is 2. The highest BCUT2D eigenvalue weighted by Crippen LogP contribution is 2.21. The Kier molecular flexibility index (Phi) is 5.07. The maximum atomic E-state index is 13.7. The first-order chi connectivity index (χ1) is 12.0. The molecule has 0 aliphatic carbocycles. The highest BCUT2D eigenvalue weighted by Gasteiger charge is 2.34. The number of hydrogen-bond acceptors (Lipinski definition) is 2. The topological polar surface area (TPSA) is 49.4 Å². The van der Waals surface area contributed by atoms with E-state index in [1.54, 1.807) is 36.4 Å². The molecule has 25 heavy (non-hydrogen) atoms. The Balaban J connectivity index is 1.57. The zero-order valence-electron chi connectivity index (χ0n) is 13.5. The maximum Gasteiger partial charge on any atom is 0.225 e. The summed E-state index contributed by atoms with van der Waals surface area (Å²) in [4.78, 5) is 25.8. The Morgan fingerprint density at radius 2 is 1.64 bits per heavy atom. The molecule has 0 unspecified atom stereocenters. The molecule has 1 saturated heterocycles. The number of likely N-dealkylation sites (tertiary alicyclic amines) is 1. The van der Waals surface area contributed by atoms with Crippen molar-refractivity contribution < 1.29 is 18.4 Å². The molecule has 0 saturated carbocycles. The van der Waals surface area contributed by atoms with E-state index in [4.69, 9.17) is 0 Å². The van der Waals surface area contributed by atoms with Crippen molar-refractivity contribution in [1.82, 2.24) is 10.2 Å². The standard InChI is InChI=1S/C19H18F2N2O2/c20-16-7-3-1-5-13(16)10-22-19(25)15-9-18(24)23(12-15)11-14-6-2-4-8-17(14)21/h1-8,15H,9-12H2,(H,22,25)/t15-/m0/s1. The summed E-state index contributed by atoms with van der Waals surface area (Å²) in [6, 6.07) is 12.5. The van der Waals surface area contributed by atoms with Crippen LogP contribution in [0.4, 0.5) is 8.78 Å². The van der Waals surface area contributed by atoms with E-state index in [2.05, 4.69) is 5.32 Å². The second-order valence-electron chi connectivity index (χ2n) is 6.08. The lowest BCUT2D eigenvalue weighted by atomic mass is 10.1. The molecule has 130 valence electrons. The smallest absolute Gasteiger partial charge is 0.225 e. The third-order valence-corrected chi connectivity index (χ3v) is 4.32. The van der Waals surface area contributed by atoms with Gasteiger partial charge in [-0.25, -0.2) is 8.78 Å². The Morgan fingerprint density at radius 1 is 1.04 bits per heavy atom. The second kappa shape index (κ2) is 7.42. The molecular formula is C19H18F2N2O2. The van der Waals surface area contributed by atoms with E-state index in [0.717, 1.165) is 0 Å². The van der Waals surface area contributed by atoms with E-state index < -0.39 is 5.92 Å². The van der Waals surface area contributed by atoms with Crippen LogP contribution in [0.5, 0.6) is 0 Å². The highest BCUT2D eigenvalue weighted by molar-refractivity contribution is 5.89. The van der Waals surface area contributed by atoms with E-state index in [1.165, 1.54) is 17.0 Å². The number of amides is 2. The Hall–Kier alpha value is -2.76. The van der Waals surface area contributed by atoms with Crippen LogP contribution in [-0.4, -0.2) is 23.3 Å². The lowest BCUT2D eigenvalue weighted by Gasteiger charge is -2.17. The summed E-state index contributed by atoms with van der Waals surface area (Å²) in [6.45, 7) is 0.447. The van der Waals surface area contributed by atoms with Gasteiger partial charge in [-0.05, 0) is 12.1 Å². The average molecular weight is 344 g/mol. The summed E-state index contributed by atoms with van der Waals surface area (Å²) < 4.78 is 27.3. The zero-order chi connectivity index (χ0) is 17.8. The van der Waals surface area contributed by atoms with Gasteiger partial charge in [0, 0.05) is 37.2 Å². The first kappa shape index (κ1) is 17.1. The Bertz CT molecular complexity index is 794. The van der Waals surface area contributed by atoms with Gasteiger partial charge >= 0.3 is 0 Å². The van der Waals surface area contributed by atoms with E-state index in [-0.39, 0.29) is 49.5 Å². The van der Waals surface area contributed by atoms with Gasteiger partial charge in [0.2, 0.25) is 11.8 Å². The van der Waals surface area contributed by atoms with Crippen molar-refractivity contribution in [2.24, 2.45) is 5.92 Å². The Labute approximate surface area is 144 Å². The van der Waals surface area contributed by atoms with Crippen LogP contribution >= 0.6 is 0 Å². The SMILES string of the molecule is O=C(NCc1ccccc1F)[C@H]1CC(=O)N(Cc2ccccc2F)C1. The predicted molar refractivity (Wildman–Crippen MR) is 88.2 cm³/mol. The number of hydrogen-bond donors (Lipinski definition) is 1. The van der Waals surface area contributed by atoms with Crippen LogP contribution in [0.25, 0.3) is 0 Å². The number of carbonyl (C=O) groups excluding carboxylic acids is 2. The quantitative estimate of drug-likeness (QED) is 0.906. The highest BCUT2D eigenvalue weighted by atomic mass is 19.1. The summed E-state index contributed by atoms with van der Waals surface area (Å²) in [5, 5.41) is 2.67. The minimum absolute atomic E-state index is 0.0729. The van der Waals surface area contributed by atoms with Crippen LogP contribution in [0.15, 0.2) is 48.5 Å². The molecule has 1 aliphatic rings. The minimum atomic E-state index is -0.508. The van der Waals surface area contributed by atoms with Crippen molar-refractivity contribution in [2.75, 3.05) is 6.54 Å². The summed E-state index contributed by atoms with van der Waals surface area (Å²) in [5.74, 6) is -1.75. The molecule has 3 rings (SSSR count). The molecule has 0 bridgehead atoms. The van der Waals surface area contributed by atoms with Gasteiger partial charge in [-0.15, -0.1) is 0 Å². The van der Waals surface area contributed by atoms with E-state index in [0.29, 0.717) is 11.1 Å². The van der Waals surface area contributed by atoms with E-state index in [1.807, 2.05) is 0 Å². The third-order valence-electron chi connectivity index (χ3n) is 4.32. The lowest BCUT2D eigenvalue weighted by Crippen LogP contribution is -2.32. The molecule has 1 fully saturated rings. The third kappa shape index (κ3) is 4.02. The molecule has 4 nitrogen and oxygen atoms in total. The first-order valence-electron chi connectivity index (χ1n) is 8.07. The van der Waals surface area contributed by atoms with Crippen molar-refractivity contribution in [3.05, 3.63) is 71.3 Å². The molecule has 2 amide bonds. The van der Waals surface area contributed by atoms with Crippen LogP contribution < -0.4 is 5.32 Å².